The molecule has 246 valence electrons. The van der Waals surface area contributed by atoms with Crippen molar-refractivity contribution in [1.82, 2.24) is 9.97 Å². The van der Waals surface area contributed by atoms with E-state index in [0.29, 0.717) is 0 Å². The fraction of sp³-hybridized carbons (Fsp3) is 0.0222. The summed E-state index contributed by atoms with van der Waals surface area (Å²) in [6.07, 6.45) is 3.61. The summed E-state index contributed by atoms with van der Waals surface area (Å²) in [4.78, 5) is 11.8. The average molecular weight is 839 g/mol. The Hall–Kier alpha value is -6.03. The molecule has 6 aromatic carbocycles. The van der Waals surface area contributed by atoms with Crippen LogP contribution in [0.4, 0.5) is 17.1 Å². The Bertz CT molecular complexity index is 2710. The minimum Gasteiger partial charge on any atom is -0.455 e. The summed E-state index contributed by atoms with van der Waals surface area (Å²) in [5.41, 5.74) is 9.38. The minimum absolute atomic E-state index is 0. The van der Waals surface area contributed by atoms with Gasteiger partial charge in [0.15, 0.2) is 11.2 Å². The Kier molecular flexibility index (Phi) is 8.22. The van der Waals surface area contributed by atoms with Gasteiger partial charge >= 0.3 is 21.1 Å². The second-order valence-electron chi connectivity index (χ2n) is 12.1. The van der Waals surface area contributed by atoms with Crippen LogP contribution in [-0.4, -0.2) is 9.97 Å². The van der Waals surface area contributed by atoms with E-state index in [1.165, 1.54) is 0 Å². The molecule has 0 spiro atoms. The van der Waals surface area contributed by atoms with Crippen LogP contribution in [0.15, 0.2) is 161 Å². The van der Waals surface area contributed by atoms with Gasteiger partial charge in [0.2, 0.25) is 0 Å². The maximum absolute atomic E-state index is 6.05. The third-order valence-corrected chi connectivity index (χ3v) is 9.13. The Morgan fingerprint density at radius 2 is 0.922 bits per heavy atom. The molecule has 0 aliphatic carbocycles. The van der Waals surface area contributed by atoms with Crippen LogP contribution in [-0.2, 0) is 21.1 Å². The molecule has 0 bridgehead atoms. The van der Waals surface area contributed by atoms with Crippen LogP contribution in [0.2, 0.25) is 0 Å². The number of para-hydroxylation sites is 2. The first-order chi connectivity index (χ1) is 24.3. The van der Waals surface area contributed by atoms with E-state index in [2.05, 4.69) is 120 Å². The molecule has 51 heavy (non-hydrogen) atoms. The van der Waals surface area contributed by atoms with Gasteiger partial charge in [-0.1, -0.05) is 92.4 Å². The summed E-state index contributed by atoms with van der Waals surface area (Å²) in [6.45, 7) is 0. The Morgan fingerprint density at radius 3 is 1.49 bits per heavy atom. The molecule has 0 atom stereocenters. The number of nitrogens with zero attached hydrogens (tertiary/aromatic N) is 3. The van der Waals surface area contributed by atoms with Crippen LogP contribution >= 0.6 is 0 Å². The van der Waals surface area contributed by atoms with E-state index in [9.17, 15) is 0 Å². The van der Waals surface area contributed by atoms with Crippen LogP contribution in [0.25, 0.3) is 77.2 Å². The van der Waals surface area contributed by atoms with E-state index in [1.807, 2.05) is 36.4 Å². The van der Waals surface area contributed by atoms with Gasteiger partial charge in [0.25, 0.3) is 0 Å². The number of anilines is 3. The topological polar surface area (TPSA) is 55.3 Å². The van der Waals surface area contributed by atoms with Gasteiger partial charge in [0.1, 0.15) is 11.2 Å². The zero-order chi connectivity index (χ0) is 32.3. The molecule has 0 N–H and O–H groups in total. The first-order valence-corrected chi connectivity index (χ1v) is 16.1. The van der Waals surface area contributed by atoms with E-state index in [-0.39, 0.29) is 28.5 Å². The Labute approximate surface area is 309 Å². The summed E-state index contributed by atoms with van der Waals surface area (Å²) in [5.74, 6) is 0. The summed E-state index contributed by atoms with van der Waals surface area (Å²) < 4.78 is 12.1. The average Bonchev–Trinajstić information content (AvgIpc) is 3.73. The van der Waals surface area contributed by atoms with Gasteiger partial charge in [-0.05, 0) is 46.3 Å². The zero-order valence-electron chi connectivity index (χ0n) is 26.4. The normalized spacial score (nSPS) is 11.2. The molecule has 0 amide bonds. The maximum atomic E-state index is 6.05. The summed E-state index contributed by atoms with van der Waals surface area (Å²) >= 11 is 0. The van der Waals surface area contributed by atoms with Gasteiger partial charge in [-0.2, -0.15) is 0 Å². The van der Waals surface area contributed by atoms with Crippen molar-refractivity contribution in [2.75, 3.05) is 4.90 Å². The van der Waals surface area contributed by atoms with Crippen molar-refractivity contribution in [3.05, 3.63) is 164 Å². The summed E-state index contributed by atoms with van der Waals surface area (Å²) in [7, 11) is 0. The van der Waals surface area contributed by atoms with Gasteiger partial charge in [0, 0.05) is 26.9 Å². The Morgan fingerprint density at radius 1 is 0.451 bits per heavy atom. The first kappa shape index (κ1) is 32.2. The van der Waals surface area contributed by atoms with E-state index >= 15 is 0 Å². The zero-order valence-corrected chi connectivity index (χ0v) is 28.7. The molecule has 0 saturated carbocycles. The largest absolute Gasteiger partial charge is 2.00 e. The van der Waals surface area contributed by atoms with Gasteiger partial charge in [-0.25, -0.2) is 0 Å². The molecule has 0 aliphatic heterocycles. The van der Waals surface area contributed by atoms with E-state index in [1.54, 1.807) is 12.4 Å². The van der Waals surface area contributed by atoms with Crippen LogP contribution in [0.1, 0.15) is 7.43 Å². The predicted molar refractivity (Wildman–Crippen MR) is 204 cm³/mol. The van der Waals surface area contributed by atoms with Crippen molar-refractivity contribution >= 4 is 71.7 Å². The maximum Gasteiger partial charge on any atom is 2.00 e. The molecular weight excluding hydrogens is 810 g/mol. The van der Waals surface area contributed by atoms with E-state index in [4.69, 9.17) is 18.8 Å². The molecule has 4 aromatic heterocycles. The van der Waals surface area contributed by atoms with Gasteiger partial charge in [-0.3, -0.25) is 0 Å². The molecule has 10 aromatic rings. The van der Waals surface area contributed by atoms with E-state index < -0.39 is 0 Å². The fourth-order valence-electron chi connectivity index (χ4n) is 6.82. The fourth-order valence-corrected chi connectivity index (χ4v) is 6.82. The quantitative estimate of drug-likeness (QED) is 0.162. The number of furan rings is 2. The molecule has 5 nitrogen and oxygen atoms in total. The third kappa shape index (κ3) is 5.47. The van der Waals surface area contributed by atoms with E-state index in [0.717, 1.165) is 94.2 Å². The Balaban J connectivity index is 0.00000187. The summed E-state index contributed by atoms with van der Waals surface area (Å²) in [5, 5.41) is 6.46. The number of rotatable bonds is 5. The standard InChI is InChI=1S/C44H25N3O2.CH4.Pt/c1-2-16-33-28(10-1)11-9-19-40(33)47(31-14-7-12-29(22-31)38-24-36-34-17-3-5-20-41(34)48-43(36)26-45-38)32-15-8-13-30(23-32)39-25-37-35-18-4-6-21-42(35)49-44(37)27-46-39;;/h1-21,24-27H;1H4;/q-2;;+2. The molecule has 0 radical (unpaired) electrons. The van der Waals surface area contributed by atoms with Crippen molar-refractivity contribution in [2.45, 2.75) is 7.43 Å². The number of aromatic nitrogens is 2. The molecule has 4 heterocycles. The van der Waals surface area contributed by atoms with Crippen molar-refractivity contribution in [3.8, 4) is 22.5 Å². The molecule has 0 fully saturated rings. The number of hydrogen-bond donors (Lipinski definition) is 0. The van der Waals surface area contributed by atoms with Gasteiger partial charge in [-0.15, -0.1) is 59.7 Å². The van der Waals surface area contributed by atoms with Crippen LogP contribution < -0.4 is 4.90 Å². The smallest absolute Gasteiger partial charge is 0.455 e. The molecule has 0 saturated heterocycles. The third-order valence-electron chi connectivity index (χ3n) is 9.13. The van der Waals surface area contributed by atoms with Gasteiger partial charge in [0.05, 0.1) is 18.1 Å². The molecule has 0 aliphatic rings. The number of hydrogen-bond acceptors (Lipinski definition) is 5. The molecule has 6 heteroatoms. The minimum atomic E-state index is 0. The van der Waals surface area contributed by atoms with Crippen LogP contribution in [0, 0.1) is 12.1 Å². The van der Waals surface area contributed by atoms with Crippen LogP contribution in [0.3, 0.4) is 0 Å². The van der Waals surface area contributed by atoms with Gasteiger partial charge < -0.3 is 23.7 Å². The molecular formula is C45H29N3O2Pt. The van der Waals surface area contributed by atoms with Crippen molar-refractivity contribution in [3.63, 3.8) is 0 Å². The SMILES string of the molecule is C.[Pt+2].[c-]1c(-c2cc3c(cn2)oc2ccccc23)cccc1N(c1[c-]c(-c2cc3c(cn2)oc2ccccc23)ccc1)c1cccc2ccccc12. The second-order valence-corrected chi connectivity index (χ2v) is 12.1. The second kappa shape index (κ2) is 13.0. The first-order valence-electron chi connectivity index (χ1n) is 16.1. The van der Waals surface area contributed by atoms with Crippen molar-refractivity contribution < 1.29 is 29.9 Å². The monoisotopic (exact) mass is 838 g/mol. The van der Waals surface area contributed by atoms with Crippen LogP contribution in [0.5, 0.6) is 0 Å². The van der Waals surface area contributed by atoms with Crippen molar-refractivity contribution in [2.24, 2.45) is 0 Å². The number of pyridine rings is 2. The molecule has 10 rings (SSSR count). The number of benzene rings is 6. The molecule has 0 unspecified atom stereocenters. The van der Waals surface area contributed by atoms with Crippen molar-refractivity contribution in [1.29, 1.82) is 0 Å². The predicted octanol–water partition coefficient (Wildman–Crippen LogP) is 12.5. The summed E-state index contributed by atoms with van der Waals surface area (Å²) in [6, 6.07) is 55.0. The number of fused-ring (bicyclic) bond motifs is 7.